The minimum Gasteiger partial charge on any atom is -0.497 e. The largest absolute Gasteiger partial charge is 0.497 e. The Hall–Kier alpha value is -2.56. The Labute approximate surface area is 122 Å². The van der Waals surface area contributed by atoms with Crippen molar-refractivity contribution in [2.45, 2.75) is 13.0 Å². The monoisotopic (exact) mass is 288 g/mol. The van der Waals surface area contributed by atoms with Crippen LogP contribution < -0.4 is 15.8 Å². The van der Waals surface area contributed by atoms with Gasteiger partial charge in [-0.3, -0.25) is 4.79 Å². The number of methoxy groups -OCH3 is 1. The molecule has 1 atom stereocenters. The number of nitrogens with one attached hydrogen (secondary N) is 1. The third-order valence-electron chi connectivity index (χ3n) is 3.20. The number of ether oxygens (including phenoxy) is 1. The van der Waals surface area contributed by atoms with E-state index < -0.39 is 5.82 Å². The van der Waals surface area contributed by atoms with Crippen LogP contribution in [0.1, 0.15) is 28.9 Å². The van der Waals surface area contributed by atoms with Crippen molar-refractivity contribution in [1.29, 1.82) is 0 Å². The number of benzene rings is 2. The molecular formula is C16H17FN2O2. The number of nitrogens with two attached hydrogens (primary N) is 1. The van der Waals surface area contributed by atoms with E-state index in [4.69, 9.17) is 10.5 Å². The smallest absolute Gasteiger partial charge is 0.253 e. The van der Waals surface area contributed by atoms with Crippen LogP contribution in [0.25, 0.3) is 0 Å². The zero-order valence-corrected chi connectivity index (χ0v) is 11.9. The number of anilines is 1. The highest BCUT2D eigenvalue weighted by Gasteiger charge is 2.14. The van der Waals surface area contributed by atoms with E-state index in [0.29, 0.717) is 0 Å². The van der Waals surface area contributed by atoms with Gasteiger partial charge in [0.1, 0.15) is 11.6 Å². The van der Waals surface area contributed by atoms with Crippen molar-refractivity contribution in [2.75, 3.05) is 12.8 Å². The first kappa shape index (κ1) is 14.8. The Morgan fingerprint density at radius 2 is 2.05 bits per heavy atom. The normalized spacial score (nSPS) is 11.8. The number of amides is 1. The first-order chi connectivity index (χ1) is 10.0. The van der Waals surface area contributed by atoms with Crippen molar-refractivity contribution in [1.82, 2.24) is 5.32 Å². The summed E-state index contributed by atoms with van der Waals surface area (Å²) in [6, 6.07) is 10.9. The lowest BCUT2D eigenvalue weighted by atomic mass is 10.1. The second-order valence-corrected chi connectivity index (χ2v) is 4.70. The molecule has 0 saturated heterocycles. The lowest BCUT2D eigenvalue weighted by Gasteiger charge is -2.16. The van der Waals surface area contributed by atoms with E-state index >= 15 is 0 Å². The Morgan fingerprint density at radius 3 is 2.71 bits per heavy atom. The Balaban J connectivity index is 2.14. The van der Waals surface area contributed by atoms with Crippen LogP contribution in [0.3, 0.4) is 0 Å². The molecule has 2 rings (SSSR count). The molecule has 0 saturated carbocycles. The summed E-state index contributed by atoms with van der Waals surface area (Å²) in [5.74, 6) is -0.0948. The van der Waals surface area contributed by atoms with Gasteiger partial charge in [0, 0.05) is 5.69 Å². The van der Waals surface area contributed by atoms with E-state index in [2.05, 4.69) is 5.32 Å². The number of carbonyl (C=O) groups excluding carboxylic acids is 1. The second-order valence-electron chi connectivity index (χ2n) is 4.70. The molecule has 0 fully saturated rings. The molecule has 2 aromatic rings. The van der Waals surface area contributed by atoms with Gasteiger partial charge in [-0.1, -0.05) is 12.1 Å². The van der Waals surface area contributed by atoms with Crippen LogP contribution in [0.15, 0.2) is 42.5 Å². The highest BCUT2D eigenvalue weighted by Crippen LogP contribution is 2.20. The number of carbonyl (C=O) groups is 1. The fourth-order valence-corrected chi connectivity index (χ4v) is 2.01. The maximum absolute atomic E-state index is 13.0. The van der Waals surface area contributed by atoms with Gasteiger partial charge in [0.25, 0.3) is 5.91 Å². The topological polar surface area (TPSA) is 64.3 Å². The van der Waals surface area contributed by atoms with E-state index in [1.165, 1.54) is 12.1 Å². The number of hydrogen-bond acceptors (Lipinski definition) is 3. The SMILES string of the molecule is COc1cccc([C@H](C)NC(=O)c2ccc(F)cc2N)c1. The van der Waals surface area contributed by atoms with E-state index in [9.17, 15) is 9.18 Å². The van der Waals surface area contributed by atoms with Crippen LogP contribution >= 0.6 is 0 Å². The van der Waals surface area contributed by atoms with Gasteiger partial charge in [0.05, 0.1) is 18.7 Å². The van der Waals surface area contributed by atoms with Gasteiger partial charge in [-0.15, -0.1) is 0 Å². The summed E-state index contributed by atoms with van der Waals surface area (Å²) in [6.07, 6.45) is 0. The predicted molar refractivity (Wildman–Crippen MR) is 79.7 cm³/mol. The molecule has 3 N–H and O–H groups in total. The lowest BCUT2D eigenvalue weighted by molar-refractivity contribution is 0.0940. The van der Waals surface area contributed by atoms with E-state index in [1.54, 1.807) is 7.11 Å². The fourth-order valence-electron chi connectivity index (χ4n) is 2.01. The van der Waals surface area contributed by atoms with Crippen LogP contribution in [-0.2, 0) is 0 Å². The summed E-state index contributed by atoms with van der Waals surface area (Å²) in [5, 5.41) is 2.83. The van der Waals surface area contributed by atoms with Gasteiger partial charge < -0.3 is 15.8 Å². The molecular weight excluding hydrogens is 271 g/mol. The van der Waals surface area contributed by atoms with Crippen LogP contribution in [0.5, 0.6) is 5.75 Å². The molecule has 2 aromatic carbocycles. The van der Waals surface area contributed by atoms with Gasteiger partial charge in [0.15, 0.2) is 0 Å². The standard InChI is InChI=1S/C16H17FN2O2/c1-10(11-4-3-5-13(8-11)21-2)19-16(20)14-7-6-12(17)9-15(14)18/h3-10H,18H2,1-2H3,(H,19,20)/t10-/m0/s1. The zero-order valence-electron chi connectivity index (χ0n) is 11.9. The Bertz CT molecular complexity index is 658. The summed E-state index contributed by atoms with van der Waals surface area (Å²) in [5.41, 5.74) is 6.94. The van der Waals surface area contributed by atoms with E-state index in [-0.39, 0.29) is 23.2 Å². The third kappa shape index (κ3) is 3.51. The summed E-state index contributed by atoms with van der Waals surface area (Å²) in [7, 11) is 1.58. The molecule has 0 aromatic heterocycles. The van der Waals surface area contributed by atoms with Gasteiger partial charge in [-0.05, 0) is 42.8 Å². The summed E-state index contributed by atoms with van der Waals surface area (Å²) in [4.78, 5) is 12.2. The molecule has 4 nitrogen and oxygen atoms in total. The molecule has 21 heavy (non-hydrogen) atoms. The predicted octanol–water partition coefficient (Wildman–Crippen LogP) is 2.91. The maximum atomic E-state index is 13.0. The number of hydrogen-bond donors (Lipinski definition) is 2. The molecule has 0 unspecified atom stereocenters. The van der Waals surface area contributed by atoms with Crippen LogP contribution in [0.4, 0.5) is 10.1 Å². The lowest BCUT2D eigenvalue weighted by Crippen LogP contribution is -2.27. The summed E-state index contributed by atoms with van der Waals surface area (Å²) >= 11 is 0. The molecule has 0 aliphatic rings. The van der Waals surface area contributed by atoms with Gasteiger partial charge in [-0.25, -0.2) is 4.39 Å². The van der Waals surface area contributed by atoms with E-state index in [1.807, 2.05) is 31.2 Å². The molecule has 0 spiro atoms. The van der Waals surface area contributed by atoms with Crippen LogP contribution in [-0.4, -0.2) is 13.0 Å². The van der Waals surface area contributed by atoms with Crippen molar-refractivity contribution < 1.29 is 13.9 Å². The zero-order chi connectivity index (χ0) is 15.4. The molecule has 1 amide bonds. The van der Waals surface area contributed by atoms with Crippen molar-refractivity contribution in [2.24, 2.45) is 0 Å². The van der Waals surface area contributed by atoms with Gasteiger partial charge in [-0.2, -0.15) is 0 Å². The summed E-state index contributed by atoms with van der Waals surface area (Å²) < 4.78 is 18.1. The van der Waals surface area contributed by atoms with Crippen LogP contribution in [0, 0.1) is 5.82 Å². The molecule has 0 radical (unpaired) electrons. The highest BCUT2D eigenvalue weighted by molar-refractivity contribution is 5.99. The molecule has 0 aliphatic carbocycles. The van der Waals surface area contributed by atoms with Crippen LogP contribution in [0.2, 0.25) is 0 Å². The molecule has 0 bridgehead atoms. The Morgan fingerprint density at radius 1 is 1.29 bits per heavy atom. The average molecular weight is 288 g/mol. The van der Waals surface area contributed by atoms with Crippen molar-refractivity contribution in [3.63, 3.8) is 0 Å². The number of rotatable bonds is 4. The first-order valence-corrected chi connectivity index (χ1v) is 6.51. The van der Waals surface area contributed by atoms with Crippen molar-refractivity contribution in [3.8, 4) is 5.75 Å². The highest BCUT2D eigenvalue weighted by atomic mass is 19.1. The number of nitrogen functional groups attached to an aromatic ring is 1. The molecule has 0 heterocycles. The second kappa shape index (κ2) is 6.26. The average Bonchev–Trinajstić information content (AvgIpc) is 2.47. The molecule has 0 aliphatic heterocycles. The fraction of sp³-hybridized carbons (Fsp3) is 0.188. The van der Waals surface area contributed by atoms with E-state index in [0.717, 1.165) is 17.4 Å². The minimum atomic E-state index is -0.468. The molecule has 110 valence electrons. The van der Waals surface area contributed by atoms with Gasteiger partial charge in [0.2, 0.25) is 0 Å². The molecule has 5 heteroatoms. The summed E-state index contributed by atoms with van der Waals surface area (Å²) in [6.45, 7) is 1.85. The first-order valence-electron chi connectivity index (χ1n) is 6.51. The van der Waals surface area contributed by atoms with Gasteiger partial charge >= 0.3 is 0 Å². The Kier molecular flexibility index (Phi) is 4.42. The third-order valence-corrected chi connectivity index (χ3v) is 3.20. The minimum absolute atomic E-state index is 0.116. The van der Waals surface area contributed by atoms with Crippen molar-refractivity contribution in [3.05, 3.63) is 59.4 Å². The number of halogens is 1. The quantitative estimate of drug-likeness (QED) is 0.850. The van der Waals surface area contributed by atoms with Crippen molar-refractivity contribution >= 4 is 11.6 Å². The maximum Gasteiger partial charge on any atom is 0.253 e.